The zero-order valence-electron chi connectivity index (χ0n) is 11.8. The molecule has 4 nitrogen and oxygen atoms in total. The highest BCUT2D eigenvalue weighted by molar-refractivity contribution is 5.99. The van der Waals surface area contributed by atoms with E-state index in [9.17, 15) is 4.79 Å². The van der Waals surface area contributed by atoms with Crippen LogP contribution in [-0.4, -0.2) is 19.1 Å². The maximum atomic E-state index is 12.3. The predicted molar refractivity (Wildman–Crippen MR) is 76.3 cm³/mol. The molecule has 4 heteroatoms. The van der Waals surface area contributed by atoms with Gasteiger partial charge >= 0.3 is 0 Å². The molecule has 1 aliphatic carbocycles. The second-order valence-corrected chi connectivity index (χ2v) is 5.86. The second kappa shape index (κ2) is 5.11. The highest BCUT2D eigenvalue weighted by atomic mass is 16.5. The topological polar surface area (TPSA) is 64.3 Å². The molecule has 1 saturated carbocycles. The number of methoxy groups -OCH3 is 1. The summed E-state index contributed by atoms with van der Waals surface area (Å²) in [6, 6.07) is 5.37. The Hall–Kier alpha value is -1.71. The first-order valence-corrected chi connectivity index (χ1v) is 6.68. The maximum absolute atomic E-state index is 12.3. The van der Waals surface area contributed by atoms with Crippen molar-refractivity contribution in [1.29, 1.82) is 0 Å². The summed E-state index contributed by atoms with van der Waals surface area (Å²) in [6.45, 7) is 4.39. The zero-order valence-corrected chi connectivity index (χ0v) is 11.8. The van der Waals surface area contributed by atoms with Crippen molar-refractivity contribution in [3.63, 3.8) is 0 Å². The molecule has 1 aliphatic rings. The van der Waals surface area contributed by atoms with Crippen LogP contribution in [0.4, 0.5) is 5.69 Å². The van der Waals surface area contributed by atoms with Gasteiger partial charge in [0.2, 0.25) is 0 Å². The molecule has 0 heterocycles. The van der Waals surface area contributed by atoms with Gasteiger partial charge in [-0.2, -0.15) is 0 Å². The molecule has 1 fully saturated rings. The van der Waals surface area contributed by atoms with Gasteiger partial charge in [-0.1, -0.05) is 20.3 Å². The molecule has 0 aromatic heterocycles. The van der Waals surface area contributed by atoms with E-state index in [0.29, 0.717) is 17.0 Å². The summed E-state index contributed by atoms with van der Waals surface area (Å²) >= 11 is 0. The average Bonchev–Trinajstić information content (AvgIpc) is 2.68. The molecule has 0 spiro atoms. The van der Waals surface area contributed by atoms with E-state index in [1.165, 1.54) is 0 Å². The summed E-state index contributed by atoms with van der Waals surface area (Å²) in [5, 5.41) is 3.10. The number of hydrogen-bond acceptors (Lipinski definition) is 3. The Morgan fingerprint density at radius 3 is 2.74 bits per heavy atom. The van der Waals surface area contributed by atoms with E-state index >= 15 is 0 Å². The number of hydrogen-bond donors (Lipinski definition) is 2. The van der Waals surface area contributed by atoms with Crippen LogP contribution in [-0.2, 0) is 0 Å². The lowest BCUT2D eigenvalue weighted by Gasteiger charge is -2.28. The predicted octanol–water partition coefficient (Wildman–Crippen LogP) is 2.59. The van der Waals surface area contributed by atoms with E-state index in [-0.39, 0.29) is 17.4 Å². The first-order chi connectivity index (χ1) is 8.94. The van der Waals surface area contributed by atoms with Crippen LogP contribution >= 0.6 is 0 Å². The van der Waals surface area contributed by atoms with Gasteiger partial charge in [0.1, 0.15) is 5.75 Å². The minimum Gasteiger partial charge on any atom is -0.497 e. The van der Waals surface area contributed by atoms with Crippen molar-refractivity contribution in [1.82, 2.24) is 5.32 Å². The Morgan fingerprint density at radius 1 is 1.47 bits per heavy atom. The standard InChI is InChI=1S/C15H22N2O2/c1-15(2)8-4-5-13(15)17-14(18)11-7-6-10(19-3)9-12(11)16/h6-7,9,13H,4-5,8,16H2,1-3H3,(H,17,18). The van der Waals surface area contributed by atoms with Crippen molar-refractivity contribution in [3.8, 4) is 5.75 Å². The minimum absolute atomic E-state index is 0.0971. The molecule has 0 aliphatic heterocycles. The van der Waals surface area contributed by atoms with Crippen molar-refractivity contribution in [2.75, 3.05) is 12.8 Å². The van der Waals surface area contributed by atoms with Gasteiger partial charge in [-0.05, 0) is 30.4 Å². The second-order valence-electron chi connectivity index (χ2n) is 5.86. The number of rotatable bonds is 3. The Labute approximate surface area is 114 Å². The van der Waals surface area contributed by atoms with Gasteiger partial charge in [-0.3, -0.25) is 4.79 Å². The molecule has 1 amide bonds. The van der Waals surface area contributed by atoms with Gasteiger partial charge in [0, 0.05) is 17.8 Å². The fourth-order valence-corrected chi connectivity index (χ4v) is 2.70. The largest absolute Gasteiger partial charge is 0.497 e. The molecule has 1 unspecified atom stereocenters. The fourth-order valence-electron chi connectivity index (χ4n) is 2.70. The number of amides is 1. The van der Waals surface area contributed by atoms with Gasteiger partial charge in [0.25, 0.3) is 5.91 Å². The van der Waals surface area contributed by atoms with Crippen LogP contribution in [0.5, 0.6) is 5.75 Å². The van der Waals surface area contributed by atoms with Crippen LogP contribution in [0.2, 0.25) is 0 Å². The van der Waals surface area contributed by atoms with Gasteiger partial charge < -0.3 is 15.8 Å². The van der Waals surface area contributed by atoms with Crippen molar-refractivity contribution >= 4 is 11.6 Å². The van der Waals surface area contributed by atoms with Crippen LogP contribution in [0.25, 0.3) is 0 Å². The molecule has 1 atom stereocenters. The molecule has 3 N–H and O–H groups in total. The molecule has 0 saturated heterocycles. The Balaban J connectivity index is 2.12. The molecule has 0 bridgehead atoms. The van der Waals surface area contributed by atoms with E-state index < -0.39 is 0 Å². The Bertz CT molecular complexity index is 483. The van der Waals surface area contributed by atoms with E-state index in [1.54, 1.807) is 25.3 Å². The summed E-state index contributed by atoms with van der Waals surface area (Å²) in [4.78, 5) is 12.3. The number of carbonyl (C=O) groups excluding carboxylic acids is 1. The molecule has 0 radical (unpaired) electrons. The first kappa shape index (κ1) is 13.7. The van der Waals surface area contributed by atoms with E-state index in [4.69, 9.17) is 10.5 Å². The van der Waals surface area contributed by atoms with E-state index in [1.807, 2.05) is 0 Å². The van der Waals surface area contributed by atoms with Crippen LogP contribution in [0.15, 0.2) is 18.2 Å². The number of nitrogens with two attached hydrogens (primary N) is 1. The highest BCUT2D eigenvalue weighted by Crippen LogP contribution is 2.37. The molecule has 2 rings (SSSR count). The summed E-state index contributed by atoms with van der Waals surface area (Å²) in [7, 11) is 1.58. The molecular weight excluding hydrogens is 240 g/mol. The normalized spacial score (nSPS) is 21.1. The lowest BCUT2D eigenvalue weighted by atomic mass is 9.87. The third kappa shape index (κ3) is 2.83. The number of ether oxygens (including phenoxy) is 1. The SMILES string of the molecule is COc1ccc(C(=O)NC2CCCC2(C)C)c(N)c1. The lowest BCUT2D eigenvalue weighted by Crippen LogP contribution is -2.41. The third-order valence-electron chi connectivity index (χ3n) is 4.07. The van der Waals surface area contributed by atoms with Crippen molar-refractivity contribution in [2.45, 2.75) is 39.2 Å². The molecular formula is C15H22N2O2. The van der Waals surface area contributed by atoms with Crippen LogP contribution in [0.1, 0.15) is 43.5 Å². The van der Waals surface area contributed by atoms with Crippen LogP contribution < -0.4 is 15.8 Å². The average molecular weight is 262 g/mol. The van der Waals surface area contributed by atoms with Gasteiger partial charge in [0.05, 0.1) is 12.7 Å². The highest BCUT2D eigenvalue weighted by Gasteiger charge is 2.35. The first-order valence-electron chi connectivity index (χ1n) is 6.68. The van der Waals surface area contributed by atoms with Crippen molar-refractivity contribution in [3.05, 3.63) is 23.8 Å². The van der Waals surface area contributed by atoms with Gasteiger partial charge in [-0.15, -0.1) is 0 Å². The summed E-state index contributed by atoms with van der Waals surface area (Å²) in [5.41, 5.74) is 7.03. The minimum atomic E-state index is -0.0971. The zero-order chi connectivity index (χ0) is 14.0. The van der Waals surface area contributed by atoms with Gasteiger partial charge in [0.15, 0.2) is 0 Å². The number of nitrogens with one attached hydrogen (secondary N) is 1. The van der Waals surface area contributed by atoms with E-state index in [0.717, 1.165) is 19.3 Å². The molecule has 19 heavy (non-hydrogen) atoms. The van der Waals surface area contributed by atoms with Crippen molar-refractivity contribution < 1.29 is 9.53 Å². The summed E-state index contributed by atoms with van der Waals surface area (Å²) in [5.74, 6) is 0.565. The summed E-state index contributed by atoms with van der Waals surface area (Å²) < 4.78 is 5.08. The third-order valence-corrected chi connectivity index (χ3v) is 4.07. The van der Waals surface area contributed by atoms with Crippen LogP contribution in [0, 0.1) is 5.41 Å². The monoisotopic (exact) mass is 262 g/mol. The van der Waals surface area contributed by atoms with Gasteiger partial charge in [-0.25, -0.2) is 0 Å². The van der Waals surface area contributed by atoms with E-state index in [2.05, 4.69) is 19.2 Å². The number of nitrogen functional groups attached to an aromatic ring is 1. The Morgan fingerprint density at radius 2 is 2.21 bits per heavy atom. The quantitative estimate of drug-likeness (QED) is 0.823. The molecule has 1 aromatic rings. The molecule has 104 valence electrons. The number of anilines is 1. The summed E-state index contributed by atoms with van der Waals surface area (Å²) in [6.07, 6.45) is 3.35. The van der Waals surface area contributed by atoms with Crippen LogP contribution in [0.3, 0.4) is 0 Å². The number of carbonyl (C=O) groups is 1. The molecule has 1 aromatic carbocycles. The maximum Gasteiger partial charge on any atom is 0.253 e. The Kier molecular flexibility index (Phi) is 3.69. The lowest BCUT2D eigenvalue weighted by molar-refractivity contribution is 0.0911. The smallest absolute Gasteiger partial charge is 0.253 e. The number of benzene rings is 1. The van der Waals surface area contributed by atoms with Crippen molar-refractivity contribution in [2.24, 2.45) is 5.41 Å². The fraction of sp³-hybridized carbons (Fsp3) is 0.533.